The highest BCUT2D eigenvalue weighted by Gasteiger charge is 2.41. The molecule has 94 valence electrons. The summed E-state index contributed by atoms with van der Waals surface area (Å²) < 4.78 is 5.51. The maximum Gasteiger partial charge on any atom is 0.120 e. The van der Waals surface area contributed by atoms with Gasteiger partial charge < -0.3 is 9.73 Å². The minimum absolute atomic E-state index is 0.407. The van der Waals surface area contributed by atoms with Crippen LogP contribution in [0.25, 0.3) is 0 Å². The summed E-state index contributed by atoms with van der Waals surface area (Å²) in [5.41, 5.74) is 0. The monoisotopic (exact) mass is 233 g/mol. The first kappa shape index (κ1) is 11.3. The molecule has 2 aliphatic rings. The molecular formula is C15H23NO. The van der Waals surface area contributed by atoms with Gasteiger partial charge in [0.05, 0.1) is 12.3 Å². The highest BCUT2D eigenvalue weighted by molar-refractivity contribution is 5.04. The lowest BCUT2D eigenvalue weighted by Gasteiger charge is -2.20. The molecule has 0 spiro atoms. The first-order valence-corrected chi connectivity index (χ1v) is 7.15. The first-order chi connectivity index (χ1) is 8.38. The molecule has 1 atom stereocenters. The lowest BCUT2D eigenvalue weighted by atomic mass is 9.97. The van der Waals surface area contributed by atoms with Crippen LogP contribution in [0, 0.1) is 17.8 Å². The summed E-state index contributed by atoms with van der Waals surface area (Å²) in [6, 6.07) is 4.48. The predicted octanol–water partition coefficient (Wildman–Crippen LogP) is 3.76. The van der Waals surface area contributed by atoms with Gasteiger partial charge in [0.25, 0.3) is 0 Å². The second-order valence-corrected chi connectivity index (χ2v) is 5.72. The number of hydrogen-bond acceptors (Lipinski definition) is 2. The average molecular weight is 233 g/mol. The Labute approximate surface area is 104 Å². The number of nitrogens with one attached hydrogen (secondary N) is 1. The van der Waals surface area contributed by atoms with Crippen LogP contribution in [0.15, 0.2) is 22.8 Å². The van der Waals surface area contributed by atoms with Gasteiger partial charge in [0.1, 0.15) is 5.76 Å². The second-order valence-electron chi connectivity index (χ2n) is 5.72. The van der Waals surface area contributed by atoms with Gasteiger partial charge in [-0.05, 0) is 68.5 Å². The predicted molar refractivity (Wildman–Crippen MR) is 68.7 cm³/mol. The molecule has 2 fully saturated rings. The Balaban J connectivity index is 1.54. The second kappa shape index (κ2) is 4.85. The van der Waals surface area contributed by atoms with E-state index in [9.17, 15) is 0 Å². The van der Waals surface area contributed by atoms with Gasteiger partial charge in [0.15, 0.2) is 0 Å². The SMILES string of the molecule is CCC(NCC(C1CC1)C1CC1)c1ccco1. The van der Waals surface area contributed by atoms with E-state index in [1.807, 2.05) is 6.07 Å². The molecule has 3 rings (SSSR count). The fourth-order valence-electron chi connectivity index (χ4n) is 2.98. The molecule has 2 saturated carbocycles. The van der Waals surface area contributed by atoms with Gasteiger partial charge in [-0.1, -0.05) is 6.92 Å². The maximum absolute atomic E-state index is 5.51. The summed E-state index contributed by atoms with van der Waals surface area (Å²) in [6.07, 6.45) is 8.77. The molecule has 0 radical (unpaired) electrons. The van der Waals surface area contributed by atoms with Crippen LogP contribution < -0.4 is 5.32 Å². The van der Waals surface area contributed by atoms with Crippen LogP contribution in [0.3, 0.4) is 0 Å². The van der Waals surface area contributed by atoms with Crippen LogP contribution >= 0.6 is 0 Å². The van der Waals surface area contributed by atoms with E-state index in [4.69, 9.17) is 4.42 Å². The first-order valence-electron chi connectivity index (χ1n) is 7.15. The van der Waals surface area contributed by atoms with Crippen LogP contribution in [0.4, 0.5) is 0 Å². The smallest absolute Gasteiger partial charge is 0.120 e. The van der Waals surface area contributed by atoms with E-state index in [1.54, 1.807) is 6.26 Å². The third kappa shape index (κ3) is 2.74. The fourth-order valence-corrected chi connectivity index (χ4v) is 2.98. The molecule has 1 aromatic rings. The Morgan fingerprint density at radius 2 is 2.00 bits per heavy atom. The van der Waals surface area contributed by atoms with Gasteiger partial charge in [0, 0.05) is 0 Å². The van der Waals surface area contributed by atoms with E-state index in [0.717, 1.165) is 29.9 Å². The molecule has 2 heteroatoms. The summed E-state index contributed by atoms with van der Waals surface area (Å²) in [5.74, 6) is 4.10. The number of hydrogen-bond donors (Lipinski definition) is 1. The highest BCUT2D eigenvalue weighted by atomic mass is 16.3. The Kier molecular flexibility index (Phi) is 3.24. The molecular weight excluding hydrogens is 210 g/mol. The molecule has 2 aliphatic carbocycles. The molecule has 1 aromatic heterocycles. The number of rotatable bonds is 7. The van der Waals surface area contributed by atoms with Crippen molar-refractivity contribution in [3.63, 3.8) is 0 Å². The molecule has 0 aromatic carbocycles. The zero-order valence-electron chi connectivity index (χ0n) is 10.7. The van der Waals surface area contributed by atoms with E-state index in [0.29, 0.717) is 6.04 Å². The van der Waals surface area contributed by atoms with Crippen LogP contribution in [-0.2, 0) is 0 Å². The van der Waals surface area contributed by atoms with Crippen molar-refractivity contribution >= 4 is 0 Å². The number of furan rings is 1. The van der Waals surface area contributed by atoms with Gasteiger partial charge in [-0.2, -0.15) is 0 Å². The Morgan fingerprint density at radius 1 is 1.29 bits per heavy atom. The zero-order chi connectivity index (χ0) is 11.7. The van der Waals surface area contributed by atoms with E-state index < -0.39 is 0 Å². The van der Waals surface area contributed by atoms with Crippen LogP contribution in [0.1, 0.15) is 50.8 Å². The van der Waals surface area contributed by atoms with Gasteiger partial charge in [0.2, 0.25) is 0 Å². The molecule has 1 N–H and O–H groups in total. The maximum atomic E-state index is 5.51. The highest BCUT2D eigenvalue weighted by Crippen LogP contribution is 2.49. The standard InChI is InChI=1S/C15H23NO/c1-2-14(15-4-3-9-17-15)16-10-13(11-5-6-11)12-7-8-12/h3-4,9,11-14,16H,2,5-8,10H2,1H3. The van der Waals surface area contributed by atoms with Gasteiger partial charge in [-0.15, -0.1) is 0 Å². The van der Waals surface area contributed by atoms with Crippen molar-refractivity contribution in [2.24, 2.45) is 17.8 Å². The van der Waals surface area contributed by atoms with Gasteiger partial charge in [-0.3, -0.25) is 0 Å². The van der Waals surface area contributed by atoms with Crippen LogP contribution in [0.2, 0.25) is 0 Å². The molecule has 17 heavy (non-hydrogen) atoms. The molecule has 0 amide bonds. The van der Waals surface area contributed by atoms with E-state index in [-0.39, 0.29) is 0 Å². The lowest BCUT2D eigenvalue weighted by Crippen LogP contribution is -2.29. The summed E-state index contributed by atoms with van der Waals surface area (Å²) in [5, 5.41) is 3.72. The Morgan fingerprint density at radius 3 is 2.47 bits per heavy atom. The van der Waals surface area contributed by atoms with Crippen molar-refractivity contribution in [3.05, 3.63) is 24.2 Å². The van der Waals surface area contributed by atoms with Crippen molar-refractivity contribution in [1.29, 1.82) is 0 Å². The molecule has 1 unspecified atom stereocenters. The zero-order valence-corrected chi connectivity index (χ0v) is 10.7. The third-order valence-corrected chi connectivity index (χ3v) is 4.35. The van der Waals surface area contributed by atoms with Gasteiger partial charge >= 0.3 is 0 Å². The molecule has 0 bridgehead atoms. The van der Waals surface area contributed by atoms with Crippen LogP contribution in [0.5, 0.6) is 0 Å². The van der Waals surface area contributed by atoms with Crippen molar-refractivity contribution in [2.75, 3.05) is 6.54 Å². The summed E-state index contributed by atoms with van der Waals surface area (Å²) in [7, 11) is 0. The molecule has 2 nitrogen and oxygen atoms in total. The quantitative estimate of drug-likeness (QED) is 0.775. The Bertz CT molecular complexity index is 326. The summed E-state index contributed by atoms with van der Waals surface area (Å²) in [6.45, 7) is 3.41. The topological polar surface area (TPSA) is 25.2 Å². The molecule has 0 saturated heterocycles. The lowest BCUT2D eigenvalue weighted by molar-refractivity contribution is 0.330. The molecule has 1 heterocycles. The van der Waals surface area contributed by atoms with E-state index in [2.05, 4.69) is 18.3 Å². The van der Waals surface area contributed by atoms with E-state index >= 15 is 0 Å². The normalized spacial score (nSPS) is 22.0. The van der Waals surface area contributed by atoms with Crippen molar-refractivity contribution in [2.45, 2.75) is 45.1 Å². The largest absolute Gasteiger partial charge is 0.468 e. The fraction of sp³-hybridized carbons (Fsp3) is 0.733. The van der Waals surface area contributed by atoms with Crippen molar-refractivity contribution in [1.82, 2.24) is 5.32 Å². The van der Waals surface area contributed by atoms with Crippen LogP contribution in [-0.4, -0.2) is 6.54 Å². The van der Waals surface area contributed by atoms with E-state index in [1.165, 1.54) is 32.2 Å². The van der Waals surface area contributed by atoms with Gasteiger partial charge in [-0.25, -0.2) is 0 Å². The summed E-state index contributed by atoms with van der Waals surface area (Å²) >= 11 is 0. The minimum Gasteiger partial charge on any atom is -0.468 e. The van der Waals surface area contributed by atoms with Crippen molar-refractivity contribution < 1.29 is 4.42 Å². The van der Waals surface area contributed by atoms with Crippen molar-refractivity contribution in [3.8, 4) is 0 Å². The average Bonchev–Trinajstić information content (AvgIpc) is 3.27. The third-order valence-electron chi connectivity index (χ3n) is 4.35. The Hall–Kier alpha value is -0.760. The molecule has 0 aliphatic heterocycles. The summed E-state index contributed by atoms with van der Waals surface area (Å²) in [4.78, 5) is 0. The minimum atomic E-state index is 0.407.